The number of nitrogens with zero attached hydrogens (tertiary/aromatic N) is 2. The molecule has 124 valence electrons. The van der Waals surface area contributed by atoms with Crippen molar-refractivity contribution in [3.05, 3.63) is 71.4 Å². The summed E-state index contributed by atoms with van der Waals surface area (Å²) in [5.74, 6) is 0.918. The summed E-state index contributed by atoms with van der Waals surface area (Å²) in [7, 11) is 0. The molecule has 1 aliphatic rings. The van der Waals surface area contributed by atoms with Crippen LogP contribution in [0.4, 0.5) is 0 Å². The van der Waals surface area contributed by atoms with Crippen LogP contribution in [0.5, 0.6) is 5.75 Å². The van der Waals surface area contributed by atoms with Crippen LogP contribution in [0.15, 0.2) is 54.7 Å². The molecular formula is C23H16N2O. The van der Waals surface area contributed by atoms with Crippen molar-refractivity contribution in [2.24, 2.45) is 0 Å². The van der Waals surface area contributed by atoms with Gasteiger partial charge in [0.15, 0.2) is 0 Å². The van der Waals surface area contributed by atoms with Gasteiger partial charge in [0, 0.05) is 23.6 Å². The second-order valence-electron chi connectivity index (χ2n) is 6.76. The van der Waals surface area contributed by atoms with Crippen molar-refractivity contribution in [1.82, 2.24) is 4.98 Å². The minimum atomic E-state index is 0.678. The molecule has 0 spiro atoms. The number of hydrogen-bond donors (Lipinski definition) is 0. The van der Waals surface area contributed by atoms with Gasteiger partial charge in [-0.05, 0) is 64.7 Å². The Morgan fingerprint density at radius 1 is 1.04 bits per heavy atom. The zero-order valence-electron chi connectivity index (χ0n) is 14.4. The molecule has 0 atom stereocenters. The molecule has 3 aromatic carbocycles. The van der Waals surface area contributed by atoms with E-state index in [0.29, 0.717) is 5.56 Å². The smallest absolute Gasteiger partial charge is 0.129 e. The molecule has 0 bridgehead atoms. The van der Waals surface area contributed by atoms with Gasteiger partial charge >= 0.3 is 0 Å². The highest BCUT2D eigenvalue weighted by Crippen LogP contribution is 2.40. The van der Waals surface area contributed by atoms with E-state index < -0.39 is 0 Å². The topological polar surface area (TPSA) is 45.9 Å². The molecule has 3 heteroatoms. The van der Waals surface area contributed by atoms with E-state index in [9.17, 15) is 5.26 Å². The Labute approximate surface area is 151 Å². The van der Waals surface area contributed by atoms with Crippen LogP contribution in [0.25, 0.3) is 32.8 Å². The summed E-state index contributed by atoms with van der Waals surface area (Å²) in [6, 6.07) is 18.7. The SMILES string of the molecule is Cc1cc(-c2ccc3c4c(ccnc24)CCO3)c2ccc(C#N)cc2c1. The van der Waals surface area contributed by atoms with Gasteiger partial charge in [-0.15, -0.1) is 0 Å². The highest BCUT2D eigenvalue weighted by molar-refractivity contribution is 6.06. The predicted molar refractivity (Wildman–Crippen MR) is 103 cm³/mol. The van der Waals surface area contributed by atoms with Crippen molar-refractivity contribution < 1.29 is 4.74 Å². The van der Waals surface area contributed by atoms with Crippen molar-refractivity contribution in [2.75, 3.05) is 6.61 Å². The van der Waals surface area contributed by atoms with Gasteiger partial charge in [-0.3, -0.25) is 4.98 Å². The molecule has 0 saturated carbocycles. The summed E-state index contributed by atoms with van der Waals surface area (Å²) in [4.78, 5) is 4.70. The second-order valence-corrected chi connectivity index (χ2v) is 6.76. The Morgan fingerprint density at radius 2 is 1.96 bits per heavy atom. The van der Waals surface area contributed by atoms with Crippen molar-refractivity contribution in [3.8, 4) is 22.9 Å². The van der Waals surface area contributed by atoms with E-state index in [1.807, 2.05) is 24.4 Å². The summed E-state index contributed by atoms with van der Waals surface area (Å²) in [6.07, 6.45) is 2.80. The van der Waals surface area contributed by atoms with Crippen LogP contribution in [-0.4, -0.2) is 11.6 Å². The summed E-state index contributed by atoms with van der Waals surface area (Å²) in [6.45, 7) is 2.80. The lowest BCUT2D eigenvalue weighted by Gasteiger charge is -2.20. The zero-order chi connectivity index (χ0) is 17.7. The maximum Gasteiger partial charge on any atom is 0.129 e. The van der Waals surface area contributed by atoms with E-state index in [1.165, 1.54) is 11.1 Å². The lowest BCUT2D eigenvalue weighted by molar-refractivity contribution is 0.318. The number of rotatable bonds is 1. The minimum Gasteiger partial charge on any atom is -0.493 e. The molecule has 1 aromatic heterocycles. The average Bonchev–Trinajstić information content (AvgIpc) is 2.67. The third-order valence-electron chi connectivity index (χ3n) is 5.09. The molecule has 4 aromatic rings. The Bertz CT molecular complexity index is 1220. The number of fused-ring (bicyclic) bond motifs is 1. The van der Waals surface area contributed by atoms with E-state index in [1.54, 1.807) is 0 Å². The third-order valence-corrected chi connectivity index (χ3v) is 5.09. The van der Waals surface area contributed by atoms with Crippen LogP contribution in [0, 0.1) is 18.3 Å². The first-order chi connectivity index (χ1) is 12.7. The highest BCUT2D eigenvalue weighted by Gasteiger charge is 2.18. The predicted octanol–water partition coefficient (Wildman–Crippen LogP) is 5.17. The molecule has 0 fully saturated rings. The largest absolute Gasteiger partial charge is 0.493 e. The van der Waals surface area contributed by atoms with Crippen molar-refractivity contribution >= 4 is 21.7 Å². The second kappa shape index (κ2) is 5.57. The molecule has 0 unspecified atom stereocenters. The van der Waals surface area contributed by atoms with Gasteiger partial charge < -0.3 is 4.74 Å². The molecular weight excluding hydrogens is 320 g/mol. The van der Waals surface area contributed by atoms with Gasteiger partial charge in [0.1, 0.15) is 5.75 Å². The first-order valence-electron chi connectivity index (χ1n) is 8.73. The van der Waals surface area contributed by atoms with Gasteiger partial charge in [0.2, 0.25) is 0 Å². The fraction of sp³-hybridized carbons (Fsp3) is 0.130. The van der Waals surface area contributed by atoms with E-state index in [-0.39, 0.29) is 0 Å². The molecule has 5 rings (SSSR count). The monoisotopic (exact) mass is 336 g/mol. The van der Waals surface area contributed by atoms with Gasteiger partial charge in [-0.1, -0.05) is 18.2 Å². The first kappa shape index (κ1) is 14.9. The van der Waals surface area contributed by atoms with Crippen LogP contribution < -0.4 is 4.74 Å². The van der Waals surface area contributed by atoms with Crippen molar-refractivity contribution in [1.29, 1.82) is 5.26 Å². The number of nitriles is 1. The summed E-state index contributed by atoms with van der Waals surface area (Å²) in [5.41, 5.74) is 6.37. The zero-order valence-corrected chi connectivity index (χ0v) is 14.4. The molecule has 0 aliphatic carbocycles. The number of benzene rings is 3. The summed E-state index contributed by atoms with van der Waals surface area (Å²) in [5, 5.41) is 12.6. The number of aryl methyl sites for hydroxylation is 1. The van der Waals surface area contributed by atoms with Crippen LogP contribution in [-0.2, 0) is 6.42 Å². The Hall–Kier alpha value is -3.38. The van der Waals surface area contributed by atoms with Crippen LogP contribution in [0.1, 0.15) is 16.7 Å². The Kier molecular flexibility index (Phi) is 3.20. The van der Waals surface area contributed by atoms with Crippen molar-refractivity contribution in [2.45, 2.75) is 13.3 Å². The number of aromatic nitrogens is 1. The third kappa shape index (κ3) is 2.16. The maximum atomic E-state index is 9.21. The summed E-state index contributed by atoms with van der Waals surface area (Å²) < 4.78 is 5.85. The minimum absolute atomic E-state index is 0.678. The summed E-state index contributed by atoms with van der Waals surface area (Å²) >= 11 is 0. The normalized spacial score (nSPS) is 12.8. The molecule has 2 heterocycles. The van der Waals surface area contributed by atoms with E-state index in [0.717, 1.165) is 51.6 Å². The van der Waals surface area contributed by atoms with Gasteiger partial charge in [-0.2, -0.15) is 5.26 Å². The number of ether oxygens (including phenoxy) is 1. The Morgan fingerprint density at radius 3 is 2.85 bits per heavy atom. The van der Waals surface area contributed by atoms with Crippen molar-refractivity contribution in [3.63, 3.8) is 0 Å². The molecule has 1 aliphatic heterocycles. The van der Waals surface area contributed by atoms with Crippen LogP contribution in [0.3, 0.4) is 0 Å². The molecule has 26 heavy (non-hydrogen) atoms. The van der Waals surface area contributed by atoms with Gasteiger partial charge in [0.25, 0.3) is 0 Å². The number of hydrogen-bond acceptors (Lipinski definition) is 3. The average molecular weight is 336 g/mol. The standard InChI is InChI=1S/C23H16N2O/c1-14-10-17-12-15(13-24)2-3-18(17)20(11-14)19-4-5-21-22-16(7-9-26-21)6-8-25-23(19)22/h2-6,8,10-12H,7,9H2,1H3. The van der Waals surface area contributed by atoms with E-state index in [2.05, 4.69) is 43.3 Å². The molecule has 0 radical (unpaired) electrons. The lowest BCUT2D eigenvalue weighted by atomic mass is 9.92. The number of pyridine rings is 1. The van der Waals surface area contributed by atoms with Crippen LogP contribution >= 0.6 is 0 Å². The maximum absolute atomic E-state index is 9.21. The highest BCUT2D eigenvalue weighted by atomic mass is 16.5. The molecule has 0 N–H and O–H groups in total. The van der Waals surface area contributed by atoms with Gasteiger partial charge in [0.05, 0.1) is 23.8 Å². The fourth-order valence-electron chi connectivity index (χ4n) is 3.93. The van der Waals surface area contributed by atoms with E-state index >= 15 is 0 Å². The first-order valence-corrected chi connectivity index (χ1v) is 8.73. The fourth-order valence-corrected chi connectivity index (χ4v) is 3.93. The molecule has 0 amide bonds. The van der Waals surface area contributed by atoms with Crippen LogP contribution in [0.2, 0.25) is 0 Å². The quantitative estimate of drug-likeness (QED) is 0.482. The Balaban J connectivity index is 1.87. The van der Waals surface area contributed by atoms with E-state index in [4.69, 9.17) is 9.72 Å². The lowest BCUT2D eigenvalue weighted by Crippen LogP contribution is -2.09. The van der Waals surface area contributed by atoms with Gasteiger partial charge in [-0.25, -0.2) is 0 Å². The molecule has 0 saturated heterocycles. The molecule has 3 nitrogen and oxygen atoms in total.